The maximum Gasteiger partial charge on any atom is 0.119 e. The van der Waals surface area contributed by atoms with Crippen LogP contribution in [0, 0.1) is 18.8 Å². The van der Waals surface area contributed by atoms with Crippen LogP contribution >= 0.6 is 0 Å². The molecule has 0 bridgehead atoms. The van der Waals surface area contributed by atoms with E-state index in [1.54, 1.807) is 0 Å². The third-order valence-corrected chi connectivity index (χ3v) is 3.01. The summed E-state index contributed by atoms with van der Waals surface area (Å²) in [6, 6.07) is 8.05. The van der Waals surface area contributed by atoms with Gasteiger partial charge in [-0.15, -0.1) is 0 Å². The summed E-state index contributed by atoms with van der Waals surface area (Å²) in [6.45, 7) is 2.95. The molecule has 2 nitrogen and oxygen atoms in total. The topological polar surface area (TPSA) is 29.5 Å². The standard InChI is InChI=1S/C13H18O2/c1-10-2-6-13(7-3-10)15-9-12(8-14)11-4-5-11/h2-3,6-7,11-12,14H,4-5,8-9H2,1H3. The molecule has 1 aliphatic carbocycles. The molecule has 15 heavy (non-hydrogen) atoms. The zero-order valence-electron chi connectivity index (χ0n) is 9.15. The van der Waals surface area contributed by atoms with E-state index in [2.05, 4.69) is 6.92 Å². The fourth-order valence-electron chi connectivity index (χ4n) is 1.74. The van der Waals surface area contributed by atoms with Gasteiger partial charge in [-0.3, -0.25) is 0 Å². The van der Waals surface area contributed by atoms with Crippen molar-refractivity contribution in [3.05, 3.63) is 29.8 Å². The smallest absolute Gasteiger partial charge is 0.119 e. The van der Waals surface area contributed by atoms with Gasteiger partial charge in [0.1, 0.15) is 5.75 Å². The molecule has 0 spiro atoms. The highest BCUT2D eigenvalue weighted by Gasteiger charge is 2.30. The Balaban J connectivity index is 1.83. The Kier molecular flexibility index (Phi) is 3.27. The Hall–Kier alpha value is -1.02. The molecule has 1 unspecified atom stereocenters. The molecule has 1 aromatic rings. The van der Waals surface area contributed by atoms with Gasteiger partial charge in [0.15, 0.2) is 0 Å². The van der Waals surface area contributed by atoms with Crippen LogP contribution in [0.3, 0.4) is 0 Å². The van der Waals surface area contributed by atoms with Crippen molar-refractivity contribution < 1.29 is 9.84 Å². The van der Waals surface area contributed by atoms with Crippen LogP contribution in [0.2, 0.25) is 0 Å². The second-order valence-electron chi connectivity index (χ2n) is 4.40. The quantitative estimate of drug-likeness (QED) is 0.801. The summed E-state index contributed by atoms with van der Waals surface area (Å²) in [5.41, 5.74) is 1.24. The van der Waals surface area contributed by atoms with Crippen LogP contribution in [0.15, 0.2) is 24.3 Å². The van der Waals surface area contributed by atoms with Crippen molar-refractivity contribution in [3.63, 3.8) is 0 Å². The summed E-state index contributed by atoms with van der Waals surface area (Å²) in [5, 5.41) is 9.18. The third-order valence-electron chi connectivity index (χ3n) is 3.01. The average Bonchev–Trinajstić information content (AvgIpc) is 3.06. The molecule has 1 aromatic carbocycles. The third kappa shape index (κ3) is 2.96. The number of aliphatic hydroxyl groups excluding tert-OH is 1. The molecule has 0 saturated heterocycles. The molecule has 1 N–H and O–H groups in total. The van der Waals surface area contributed by atoms with Crippen molar-refractivity contribution in [2.75, 3.05) is 13.2 Å². The first kappa shape index (κ1) is 10.5. The fraction of sp³-hybridized carbons (Fsp3) is 0.538. The molecular weight excluding hydrogens is 188 g/mol. The monoisotopic (exact) mass is 206 g/mol. The van der Waals surface area contributed by atoms with Crippen molar-refractivity contribution in [3.8, 4) is 5.75 Å². The van der Waals surface area contributed by atoms with Crippen LogP contribution in [-0.2, 0) is 0 Å². The zero-order chi connectivity index (χ0) is 10.7. The molecule has 1 atom stereocenters. The fourth-order valence-corrected chi connectivity index (χ4v) is 1.74. The van der Waals surface area contributed by atoms with E-state index in [1.807, 2.05) is 24.3 Å². The first-order valence-corrected chi connectivity index (χ1v) is 5.60. The van der Waals surface area contributed by atoms with Crippen molar-refractivity contribution in [2.24, 2.45) is 11.8 Å². The van der Waals surface area contributed by atoms with Gasteiger partial charge in [0.05, 0.1) is 6.61 Å². The predicted octanol–water partition coefficient (Wildman–Crippen LogP) is 2.39. The van der Waals surface area contributed by atoms with Crippen molar-refractivity contribution in [1.82, 2.24) is 0 Å². The molecular formula is C13H18O2. The number of benzene rings is 1. The summed E-state index contributed by atoms with van der Waals surface area (Å²) < 4.78 is 5.66. The Morgan fingerprint density at radius 3 is 2.53 bits per heavy atom. The second-order valence-corrected chi connectivity index (χ2v) is 4.40. The van der Waals surface area contributed by atoms with Crippen LogP contribution in [0.5, 0.6) is 5.75 Å². The first-order chi connectivity index (χ1) is 7.29. The Labute approximate surface area is 90.9 Å². The van der Waals surface area contributed by atoms with Crippen LogP contribution in [0.4, 0.5) is 0 Å². The van der Waals surface area contributed by atoms with Gasteiger partial charge in [0.2, 0.25) is 0 Å². The maximum absolute atomic E-state index is 9.18. The minimum Gasteiger partial charge on any atom is -0.493 e. The predicted molar refractivity (Wildman–Crippen MR) is 60.0 cm³/mol. The first-order valence-electron chi connectivity index (χ1n) is 5.60. The van der Waals surface area contributed by atoms with Gasteiger partial charge in [0.25, 0.3) is 0 Å². The van der Waals surface area contributed by atoms with Gasteiger partial charge in [-0.1, -0.05) is 17.7 Å². The summed E-state index contributed by atoms with van der Waals surface area (Å²) in [5.74, 6) is 1.92. The van der Waals surface area contributed by atoms with Crippen molar-refractivity contribution in [1.29, 1.82) is 0 Å². The summed E-state index contributed by atoms with van der Waals surface area (Å²) in [4.78, 5) is 0. The van der Waals surface area contributed by atoms with Gasteiger partial charge >= 0.3 is 0 Å². The molecule has 0 aromatic heterocycles. The molecule has 1 saturated carbocycles. The Morgan fingerprint density at radius 1 is 1.33 bits per heavy atom. The number of ether oxygens (including phenoxy) is 1. The van der Waals surface area contributed by atoms with Gasteiger partial charge in [-0.05, 0) is 37.8 Å². The van der Waals surface area contributed by atoms with Gasteiger partial charge in [-0.2, -0.15) is 0 Å². The minimum absolute atomic E-state index is 0.247. The van der Waals surface area contributed by atoms with E-state index in [1.165, 1.54) is 18.4 Å². The lowest BCUT2D eigenvalue weighted by molar-refractivity contribution is 0.147. The average molecular weight is 206 g/mol. The van der Waals surface area contributed by atoms with Crippen molar-refractivity contribution in [2.45, 2.75) is 19.8 Å². The van der Waals surface area contributed by atoms with E-state index in [0.29, 0.717) is 18.4 Å². The largest absolute Gasteiger partial charge is 0.493 e. The van der Waals surface area contributed by atoms with E-state index >= 15 is 0 Å². The van der Waals surface area contributed by atoms with E-state index in [4.69, 9.17) is 4.74 Å². The molecule has 0 aliphatic heterocycles. The van der Waals surface area contributed by atoms with Crippen molar-refractivity contribution >= 4 is 0 Å². The Morgan fingerprint density at radius 2 is 2.00 bits per heavy atom. The van der Waals surface area contributed by atoms with Gasteiger partial charge < -0.3 is 9.84 Å². The second kappa shape index (κ2) is 4.67. The van der Waals surface area contributed by atoms with E-state index < -0.39 is 0 Å². The summed E-state index contributed by atoms with van der Waals surface area (Å²) >= 11 is 0. The number of aryl methyl sites for hydroxylation is 1. The lowest BCUT2D eigenvalue weighted by Crippen LogP contribution is -2.17. The number of aliphatic hydroxyl groups is 1. The molecule has 0 amide bonds. The molecule has 0 heterocycles. The highest BCUT2D eigenvalue weighted by molar-refractivity contribution is 5.26. The van der Waals surface area contributed by atoms with Gasteiger partial charge in [0, 0.05) is 12.5 Å². The lowest BCUT2D eigenvalue weighted by Gasteiger charge is -2.14. The molecule has 2 rings (SSSR count). The molecule has 1 fully saturated rings. The number of rotatable bonds is 5. The highest BCUT2D eigenvalue weighted by Crippen LogP contribution is 2.36. The maximum atomic E-state index is 9.18. The molecule has 0 radical (unpaired) electrons. The van der Waals surface area contributed by atoms with Crippen LogP contribution < -0.4 is 4.74 Å². The number of hydrogen-bond donors (Lipinski definition) is 1. The summed E-state index contributed by atoms with van der Waals surface area (Å²) in [7, 11) is 0. The van der Waals surface area contributed by atoms with Crippen LogP contribution in [-0.4, -0.2) is 18.3 Å². The SMILES string of the molecule is Cc1ccc(OCC(CO)C2CC2)cc1. The van der Waals surface area contributed by atoms with E-state index in [-0.39, 0.29) is 6.61 Å². The van der Waals surface area contributed by atoms with Crippen LogP contribution in [0.25, 0.3) is 0 Å². The van der Waals surface area contributed by atoms with Gasteiger partial charge in [-0.25, -0.2) is 0 Å². The number of hydrogen-bond acceptors (Lipinski definition) is 2. The minimum atomic E-state index is 0.247. The normalized spacial score (nSPS) is 17.5. The van der Waals surface area contributed by atoms with E-state index in [9.17, 15) is 5.11 Å². The van der Waals surface area contributed by atoms with E-state index in [0.717, 1.165) is 5.75 Å². The summed E-state index contributed by atoms with van der Waals surface area (Å²) in [6.07, 6.45) is 2.50. The zero-order valence-corrected chi connectivity index (χ0v) is 9.15. The molecule has 2 heteroatoms. The lowest BCUT2D eigenvalue weighted by atomic mass is 10.1. The highest BCUT2D eigenvalue weighted by atomic mass is 16.5. The Bertz CT molecular complexity index is 301. The van der Waals surface area contributed by atoms with Crippen LogP contribution in [0.1, 0.15) is 18.4 Å². The molecule has 82 valence electrons. The molecule has 1 aliphatic rings.